The molecular weight excluding hydrogens is 460 g/mol. The molecule has 0 amide bonds. The van der Waals surface area contributed by atoms with E-state index in [1.54, 1.807) is 25.6 Å². The van der Waals surface area contributed by atoms with Gasteiger partial charge >= 0.3 is 0 Å². The molecule has 0 bridgehead atoms. The van der Waals surface area contributed by atoms with Crippen LogP contribution < -0.4 is 19.1 Å². The highest BCUT2D eigenvalue weighted by Gasteiger charge is 2.14. The molecule has 4 rings (SSSR count). The van der Waals surface area contributed by atoms with Gasteiger partial charge in [-0.05, 0) is 47.5 Å². The first-order valence-electron chi connectivity index (χ1n) is 11.4. The highest BCUT2D eigenvalue weighted by Crippen LogP contribution is 2.27. The number of hydrogen-bond donors (Lipinski definition) is 0. The molecule has 0 aliphatic heterocycles. The number of nitrogens with zero attached hydrogens (tertiary/aromatic N) is 2. The molecule has 0 atom stereocenters. The number of thiazole rings is 1. The molecule has 1 aromatic heterocycles. The van der Waals surface area contributed by atoms with Gasteiger partial charge in [0.15, 0.2) is 5.13 Å². The number of ether oxygens (including phenoxy) is 4. The number of benzene rings is 3. The van der Waals surface area contributed by atoms with Crippen LogP contribution >= 0.6 is 11.3 Å². The molecule has 0 saturated heterocycles. The normalized spacial score (nSPS) is 10.7. The predicted octanol–water partition coefficient (Wildman–Crippen LogP) is 5.96. The third-order valence-corrected chi connectivity index (χ3v) is 6.27. The van der Waals surface area contributed by atoms with Crippen LogP contribution in [0.25, 0.3) is 0 Å². The maximum Gasteiger partial charge on any atom is 0.186 e. The fourth-order valence-electron chi connectivity index (χ4n) is 3.59. The van der Waals surface area contributed by atoms with Gasteiger partial charge in [0.1, 0.15) is 23.9 Å². The van der Waals surface area contributed by atoms with Gasteiger partial charge in [-0.15, -0.1) is 11.3 Å². The van der Waals surface area contributed by atoms with E-state index in [1.165, 1.54) is 0 Å². The molecule has 0 saturated carbocycles. The van der Waals surface area contributed by atoms with E-state index in [2.05, 4.69) is 34.5 Å². The molecule has 0 unspecified atom stereocenters. The Bertz CT molecular complexity index is 1130. The van der Waals surface area contributed by atoms with Gasteiger partial charge in [0.25, 0.3) is 0 Å². The van der Waals surface area contributed by atoms with E-state index in [9.17, 15) is 0 Å². The van der Waals surface area contributed by atoms with E-state index in [-0.39, 0.29) is 0 Å². The van der Waals surface area contributed by atoms with Gasteiger partial charge in [-0.1, -0.05) is 42.5 Å². The molecule has 4 aromatic rings. The van der Waals surface area contributed by atoms with Crippen molar-refractivity contribution in [3.8, 4) is 17.2 Å². The van der Waals surface area contributed by atoms with Crippen LogP contribution in [-0.4, -0.2) is 32.4 Å². The van der Waals surface area contributed by atoms with Crippen molar-refractivity contribution in [1.29, 1.82) is 0 Å². The summed E-state index contributed by atoms with van der Waals surface area (Å²) in [6.07, 6.45) is 0. The summed E-state index contributed by atoms with van der Waals surface area (Å²) in [7, 11) is 3.37. The van der Waals surface area contributed by atoms with Gasteiger partial charge < -0.3 is 23.8 Å². The smallest absolute Gasteiger partial charge is 0.186 e. The van der Waals surface area contributed by atoms with Crippen LogP contribution in [0.4, 0.5) is 5.13 Å². The second kappa shape index (κ2) is 12.8. The predicted molar refractivity (Wildman–Crippen MR) is 140 cm³/mol. The zero-order valence-corrected chi connectivity index (χ0v) is 20.9. The summed E-state index contributed by atoms with van der Waals surface area (Å²) in [4.78, 5) is 7.12. The van der Waals surface area contributed by atoms with E-state index >= 15 is 0 Å². The Morgan fingerprint density at radius 2 is 1.37 bits per heavy atom. The van der Waals surface area contributed by atoms with Crippen LogP contribution in [0.3, 0.4) is 0 Å². The molecule has 0 N–H and O–H groups in total. The van der Waals surface area contributed by atoms with Crippen molar-refractivity contribution in [1.82, 2.24) is 4.98 Å². The molecule has 0 radical (unpaired) electrons. The zero-order chi connectivity index (χ0) is 24.3. The Morgan fingerprint density at radius 3 is 2.00 bits per heavy atom. The lowest BCUT2D eigenvalue weighted by atomic mass is 10.1. The minimum Gasteiger partial charge on any atom is -0.497 e. The van der Waals surface area contributed by atoms with Crippen molar-refractivity contribution in [3.63, 3.8) is 0 Å². The summed E-state index contributed by atoms with van der Waals surface area (Å²) < 4.78 is 22.3. The van der Waals surface area contributed by atoms with Gasteiger partial charge in [0, 0.05) is 18.5 Å². The molecule has 35 heavy (non-hydrogen) atoms. The lowest BCUT2D eigenvalue weighted by molar-refractivity contribution is 0.0873. The minimum atomic E-state index is 0.445. The van der Waals surface area contributed by atoms with Crippen molar-refractivity contribution in [2.75, 3.05) is 32.3 Å². The Labute approximate surface area is 210 Å². The van der Waals surface area contributed by atoms with Crippen molar-refractivity contribution < 1.29 is 18.9 Å². The molecule has 1 heterocycles. The Morgan fingerprint density at radius 1 is 0.743 bits per heavy atom. The molecular formula is C28H30N2O4S. The summed E-state index contributed by atoms with van der Waals surface area (Å²) in [6.45, 7) is 2.85. The van der Waals surface area contributed by atoms with Crippen LogP contribution in [-0.2, 0) is 24.4 Å². The first kappa shape index (κ1) is 24.6. The molecule has 0 spiro atoms. The minimum absolute atomic E-state index is 0.445. The maximum atomic E-state index is 5.80. The SMILES string of the molecule is COc1cccc(CN(Cc2cccc(OC)c2)c2nc(COCCOc3ccccc3)cs2)c1. The summed E-state index contributed by atoms with van der Waals surface area (Å²) in [6, 6.07) is 26.0. The van der Waals surface area contributed by atoms with Crippen LogP contribution in [0.5, 0.6) is 17.2 Å². The zero-order valence-electron chi connectivity index (χ0n) is 20.1. The van der Waals surface area contributed by atoms with E-state index in [4.69, 9.17) is 23.9 Å². The number of rotatable bonds is 13. The third kappa shape index (κ3) is 7.47. The first-order chi connectivity index (χ1) is 17.2. The molecule has 0 aliphatic rings. The van der Waals surface area contributed by atoms with Crippen molar-refractivity contribution in [2.24, 2.45) is 0 Å². The maximum absolute atomic E-state index is 5.80. The molecule has 7 heteroatoms. The van der Waals surface area contributed by atoms with Crippen LogP contribution in [0.1, 0.15) is 16.8 Å². The lowest BCUT2D eigenvalue weighted by Gasteiger charge is -2.22. The van der Waals surface area contributed by atoms with Crippen LogP contribution in [0.15, 0.2) is 84.2 Å². The summed E-state index contributed by atoms with van der Waals surface area (Å²) in [5.41, 5.74) is 3.21. The second-order valence-electron chi connectivity index (χ2n) is 7.89. The quantitative estimate of drug-likeness (QED) is 0.216. The molecule has 3 aromatic carbocycles. The fourth-order valence-corrected chi connectivity index (χ4v) is 4.40. The number of anilines is 1. The Kier molecular flexibility index (Phi) is 8.98. The summed E-state index contributed by atoms with van der Waals surface area (Å²) in [5, 5.41) is 2.99. The average molecular weight is 491 g/mol. The van der Waals surface area contributed by atoms with Gasteiger partial charge in [-0.3, -0.25) is 0 Å². The molecule has 182 valence electrons. The van der Waals surface area contributed by atoms with Gasteiger partial charge in [0.2, 0.25) is 0 Å². The van der Waals surface area contributed by atoms with Gasteiger partial charge in [-0.2, -0.15) is 0 Å². The van der Waals surface area contributed by atoms with E-state index in [1.807, 2.05) is 54.6 Å². The first-order valence-corrected chi connectivity index (χ1v) is 12.3. The lowest BCUT2D eigenvalue weighted by Crippen LogP contribution is -2.22. The van der Waals surface area contributed by atoms with Gasteiger partial charge in [0.05, 0.1) is 33.1 Å². The van der Waals surface area contributed by atoms with Crippen molar-refractivity contribution in [2.45, 2.75) is 19.7 Å². The van der Waals surface area contributed by atoms with E-state index in [0.717, 1.165) is 39.2 Å². The molecule has 0 aliphatic carbocycles. The molecule has 6 nitrogen and oxygen atoms in total. The number of para-hydroxylation sites is 1. The topological polar surface area (TPSA) is 53.1 Å². The monoisotopic (exact) mass is 490 g/mol. The molecule has 0 fully saturated rings. The largest absolute Gasteiger partial charge is 0.497 e. The van der Waals surface area contributed by atoms with E-state index < -0.39 is 0 Å². The van der Waals surface area contributed by atoms with Crippen LogP contribution in [0.2, 0.25) is 0 Å². The summed E-state index contributed by atoms with van der Waals surface area (Å²) >= 11 is 1.62. The Hall–Kier alpha value is -3.55. The van der Waals surface area contributed by atoms with Crippen LogP contribution in [0, 0.1) is 0 Å². The standard InChI is InChI=1S/C28H30N2O4S/c1-31-26-12-6-8-22(16-26)18-30(19-23-9-7-13-27(17-23)32-2)28-29-24(21-35-28)20-33-14-15-34-25-10-4-3-5-11-25/h3-13,16-17,21H,14-15,18-20H2,1-2H3. The average Bonchev–Trinajstić information content (AvgIpc) is 3.38. The fraction of sp³-hybridized carbons (Fsp3) is 0.250. The highest BCUT2D eigenvalue weighted by molar-refractivity contribution is 7.13. The number of methoxy groups -OCH3 is 2. The Balaban J connectivity index is 1.40. The third-order valence-electron chi connectivity index (χ3n) is 5.31. The highest BCUT2D eigenvalue weighted by atomic mass is 32.1. The number of hydrogen-bond acceptors (Lipinski definition) is 7. The van der Waals surface area contributed by atoms with Gasteiger partial charge in [-0.25, -0.2) is 4.98 Å². The van der Waals surface area contributed by atoms with Crippen molar-refractivity contribution >= 4 is 16.5 Å². The van der Waals surface area contributed by atoms with Crippen molar-refractivity contribution in [3.05, 3.63) is 101 Å². The summed E-state index contributed by atoms with van der Waals surface area (Å²) in [5.74, 6) is 2.53. The van der Waals surface area contributed by atoms with E-state index in [0.29, 0.717) is 32.9 Å². The second-order valence-corrected chi connectivity index (χ2v) is 8.73. The number of aromatic nitrogens is 1.